The van der Waals surface area contributed by atoms with Crippen LogP contribution < -0.4 is 6.15 Å². The number of hydrogen-bond acceptors (Lipinski definition) is 4. The van der Waals surface area contributed by atoms with Crippen molar-refractivity contribution in [2.24, 2.45) is 0 Å². The fraction of sp³-hybridized carbons (Fsp3) is 0.125. The minimum Gasteiger partial charge on any atom is -0.480 e. The van der Waals surface area contributed by atoms with Gasteiger partial charge in [0.1, 0.15) is 6.54 Å². The summed E-state index contributed by atoms with van der Waals surface area (Å²) in [6.45, 7) is 5.58. The Kier molecular flexibility index (Phi) is 6.82. The van der Waals surface area contributed by atoms with E-state index >= 15 is 0 Å². The summed E-state index contributed by atoms with van der Waals surface area (Å²) in [5.74, 6) is -2.79. The predicted octanol–water partition coefficient (Wildman–Crippen LogP) is -0.0398. The molecule has 0 spiro atoms. The second-order valence-electron chi connectivity index (χ2n) is 2.06. The Labute approximate surface area is 81.1 Å². The fourth-order valence-electron chi connectivity index (χ4n) is 0.620. The topological polar surface area (TPSA) is 110 Å². The van der Waals surface area contributed by atoms with Crippen molar-refractivity contribution in [3.63, 3.8) is 0 Å². The van der Waals surface area contributed by atoms with Crippen LogP contribution >= 0.6 is 0 Å². The van der Waals surface area contributed by atoms with Gasteiger partial charge in [0.15, 0.2) is 0 Å². The van der Waals surface area contributed by atoms with E-state index in [0.29, 0.717) is 4.90 Å². The average molecular weight is 200 g/mol. The van der Waals surface area contributed by atoms with Gasteiger partial charge in [-0.1, -0.05) is 13.2 Å². The molecule has 0 aromatic rings. The monoisotopic (exact) mass is 200 g/mol. The zero-order chi connectivity index (χ0) is 10.4. The quantitative estimate of drug-likeness (QED) is 0.618. The standard InChI is InChI=1S/C8H9NO4.H3N/c1-3-6(10)9(5-8(12)13)7(11)4-2;/h3-4H,1-2,5H2,(H,12,13);1H3. The molecular formula is C8H12N2O4. The smallest absolute Gasteiger partial charge is 0.323 e. The fourth-order valence-corrected chi connectivity index (χ4v) is 0.620. The van der Waals surface area contributed by atoms with E-state index in [1.165, 1.54) is 0 Å². The maximum atomic E-state index is 10.9. The molecule has 0 aliphatic heterocycles. The SMILES string of the molecule is C=CC(=O)N(CC(=O)O)C(=O)C=C.N. The summed E-state index contributed by atoms with van der Waals surface area (Å²) in [6.07, 6.45) is 1.73. The highest BCUT2D eigenvalue weighted by molar-refractivity contribution is 6.06. The van der Waals surface area contributed by atoms with Crippen LogP contribution in [-0.2, 0) is 14.4 Å². The van der Waals surface area contributed by atoms with E-state index in [2.05, 4.69) is 13.2 Å². The van der Waals surface area contributed by atoms with Gasteiger partial charge in [-0.25, -0.2) is 0 Å². The number of carboxylic acid groups (broad SMARTS) is 1. The van der Waals surface area contributed by atoms with Gasteiger partial charge in [-0.15, -0.1) is 0 Å². The molecule has 0 saturated carbocycles. The third-order valence-electron chi connectivity index (χ3n) is 1.17. The van der Waals surface area contributed by atoms with Crippen LogP contribution in [0.1, 0.15) is 0 Å². The first kappa shape index (κ1) is 14.6. The van der Waals surface area contributed by atoms with Gasteiger partial charge in [0.2, 0.25) is 0 Å². The van der Waals surface area contributed by atoms with Gasteiger partial charge in [0, 0.05) is 0 Å². The lowest BCUT2D eigenvalue weighted by atomic mass is 10.4. The number of carbonyl (C=O) groups excluding carboxylic acids is 2. The van der Waals surface area contributed by atoms with Crippen molar-refractivity contribution in [3.8, 4) is 0 Å². The van der Waals surface area contributed by atoms with Crippen molar-refractivity contribution in [1.29, 1.82) is 0 Å². The highest BCUT2D eigenvalue weighted by atomic mass is 16.4. The van der Waals surface area contributed by atoms with Crippen molar-refractivity contribution in [3.05, 3.63) is 25.3 Å². The van der Waals surface area contributed by atoms with Crippen molar-refractivity contribution >= 4 is 17.8 Å². The number of nitrogens with zero attached hydrogens (tertiary/aromatic N) is 1. The first-order valence-corrected chi connectivity index (χ1v) is 3.35. The molecule has 0 aromatic heterocycles. The average Bonchev–Trinajstić information content (AvgIpc) is 2.11. The number of hydrogen-bond donors (Lipinski definition) is 2. The van der Waals surface area contributed by atoms with E-state index in [0.717, 1.165) is 12.2 Å². The summed E-state index contributed by atoms with van der Waals surface area (Å²) in [5.41, 5.74) is 0. The third kappa shape index (κ3) is 4.17. The van der Waals surface area contributed by atoms with Crippen LogP contribution in [-0.4, -0.2) is 34.3 Å². The number of carboxylic acids is 1. The lowest BCUT2D eigenvalue weighted by Crippen LogP contribution is -2.38. The van der Waals surface area contributed by atoms with Crippen molar-refractivity contribution < 1.29 is 19.5 Å². The van der Waals surface area contributed by atoms with Gasteiger partial charge >= 0.3 is 5.97 Å². The van der Waals surface area contributed by atoms with Crippen molar-refractivity contribution in [1.82, 2.24) is 11.1 Å². The van der Waals surface area contributed by atoms with Gasteiger partial charge in [0.25, 0.3) is 11.8 Å². The highest BCUT2D eigenvalue weighted by Crippen LogP contribution is 1.93. The Balaban J connectivity index is 0. The molecule has 2 amide bonds. The Hall–Kier alpha value is -1.95. The number of imide groups is 1. The molecule has 0 atom stereocenters. The Morgan fingerprint density at radius 3 is 1.71 bits per heavy atom. The van der Waals surface area contributed by atoms with Crippen LogP contribution in [0.25, 0.3) is 0 Å². The molecule has 0 unspecified atom stereocenters. The van der Waals surface area contributed by atoms with Gasteiger partial charge < -0.3 is 11.3 Å². The van der Waals surface area contributed by atoms with E-state index in [1.54, 1.807) is 0 Å². The van der Waals surface area contributed by atoms with E-state index in [9.17, 15) is 14.4 Å². The molecule has 0 aliphatic carbocycles. The van der Waals surface area contributed by atoms with E-state index in [4.69, 9.17) is 5.11 Å². The van der Waals surface area contributed by atoms with Crippen molar-refractivity contribution in [2.75, 3.05) is 6.54 Å². The van der Waals surface area contributed by atoms with E-state index < -0.39 is 24.3 Å². The summed E-state index contributed by atoms with van der Waals surface area (Å²) in [4.78, 5) is 32.6. The zero-order valence-electron chi connectivity index (χ0n) is 7.60. The molecule has 4 N–H and O–H groups in total. The Morgan fingerprint density at radius 2 is 1.50 bits per heavy atom. The molecule has 0 radical (unpaired) electrons. The maximum Gasteiger partial charge on any atom is 0.323 e. The molecule has 0 saturated heterocycles. The molecule has 14 heavy (non-hydrogen) atoms. The molecule has 0 fully saturated rings. The molecule has 0 rings (SSSR count). The molecule has 0 aliphatic rings. The number of rotatable bonds is 4. The first-order chi connectivity index (χ1) is 6.02. The molecule has 6 heteroatoms. The van der Waals surface area contributed by atoms with Crippen molar-refractivity contribution in [2.45, 2.75) is 0 Å². The van der Waals surface area contributed by atoms with Crippen LogP contribution in [0.5, 0.6) is 0 Å². The van der Waals surface area contributed by atoms with Crippen LogP contribution in [0.15, 0.2) is 25.3 Å². The van der Waals surface area contributed by atoms with Gasteiger partial charge in [0.05, 0.1) is 0 Å². The molecule has 0 bridgehead atoms. The predicted molar refractivity (Wildman–Crippen MR) is 49.8 cm³/mol. The number of carbonyl (C=O) groups is 3. The molecule has 0 heterocycles. The first-order valence-electron chi connectivity index (χ1n) is 3.35. The second-order valence-corrected chi connectivity index (χ2v) is 2.06. The van der Waals surface area contributed by atoms with E-state index in [-0.39, 0.29) is 6.15 Å². The molecule has 0 aromatic carbocycles. The Morgan fingerprint density at radius 1 is 1.14 bits per heavy atom. The summed E-state index contributed by atoms with van der Waals surface area (Å²) >= 11 is 0. The number of amides is 2. The van der Waals surface area contributed by atoms with Gasteiger partial charge in [-0.05, 0) is 12.2 Å². The summed E-state index contributed by atoms with van der Waals surface area (Å²) < 4.78 is 0. The number of aliphatic carboxylic acids is 1. The summed E-state index contributed by atoms with van der Waals surface area (Å²) in [6, 6.07) is 0. The van der Waals surface area contributed by atoms with Crippen LogP contribution in [0.2, 0.25) is 0 Å². The van der Waals surface area contributed by atoms with E-state index in [1.807, 2.05) is 0 Å². The van der Waals surface area contributed by atoms with Gasteiger partial charge in [-0.2, -0.15) is 0 Å². The second kappa shape index (κ2) is 6.55. The third-order valence-corrected chi connectivity index (χ3v) is 1.17. The maximum absolute atomic E-state index is 10.9. The summed E-state index contributed by atoms with van der Waals surface area (Å²) in [5, 5.41) is 8.36. The minimum absolute atomic E-state index is 0. The summed E-state index contributed by atoms with van der Waals surface area (Å²) in [7, 11) is 0. The lowest BCUT2D eigenvalue weighted by molar-refractivity contribution is -0.148. The molecular weight excluding hydrogens is 188 g/mol. The molecule has 78 valence electrons. The normalized spacial score (nSPS) is 8.00. The molecule has 6 nitrogen and oxygen atoms in total. The highest BCUT2D eigenvalue weighted by Gasteiger charge is 2.18. The largest absolute Gasteiger partial charge is 0.480 e. The van der Waals surface area contributed by atoms with Crippen LogP contribution in [0.4, 0.5) is 0 Å². The Bertz CT molecular complexity index is 253. The van der Waals surface area contributed by atoms with Gasteiger partial charge in [-0.3, -0.25) is 19.3 Å². The minimum atomic E-state index is -1.27. The zero-order valence-corrected chi connectivity index (χ0v) is 7.60. The van der Waals surface area contributed by atoms with Crippen LogP contribution in [0.3, 0.4) is 0 Å². The lowest BCUT2D eigenvalue weighted by Gasteiger charge is -2.13. The van der Waals surface area contributed by atoms with Crippen LogP contribution in [0, 0.1) is 0 Å².